The third-order valence-electron chi connectivity index (χ3n) is 4.81. The number of carbonyl (C=O) groups is 2. The van der Waals surface area contributed by atoms with Crippen LogP contribution in [0.15, 0.2) is 54.6 Å². The first-order valence-corrected chi connectivity index (χ1v) is 10.5. The van der Waals surface area contributed by atoms with Crippen LogP contribution in [0.1, 0.15) is 17.2 Å². The number of hydrogen-bond acceptors (Lipinski definition) is 6. The summed E-state index contributed by atoms with van der Waals surface area (Å²) in [4.78, 5) is 26.5. The van der Waals surface area contributed by atoms with Gasteiger partial charge in [-0.1, -0.05) is 48.5 Å². The minimum Gasteiger partial charge on any atom is -0.306 e. The number of fused-ring (bicyclic) bond motifs is 1. The van der Waals surface area contributed by atoms with Gasteiger partial charge in [-0.2, -0.15) is 0 Å². The molecule has 2 atom stereocenters. The standard InChI is InChI=1S/C19H19N3O4S/c23-17-12-27(25,26)11-15(17)20-21-18-14-8-4-5-9-16(14)22(19(18)24)10-13-6-2-1-3-7-13/h1-9,15,18,20-21H,10-12H2. The van der Waals surface area contributed by atoms with Crippen LogP contribution in [0.25, 0.3) is 0 Å². The van der Waals surface area contributed by atoms with E-state index in [4.69, 9.17) is 0 Å². The fourth-order valence-corrected chi connectivity index (χ4v) is 5.01. The summed E-state index contributed by atoms with van der Waals surface area (Å²) in [6.45, 7) is 0.436. The molecule has 2 aliphatic rings. The van der Waals surface area contributed by atoms with Crippen LogP contribution >= 0.6 is 0 Å². The summed E-state index contributed by atoms with van der Waals surface area (Å²) in [7, 11) is -3.36. The van der Waals surface area contributed by atoms with Crippen molar-refractivity contribution >= 4 is 27.2 Å². The van der Waals surface area contributed by atoms with Gasteiger partial charge in [0.15, 0.2) is 15.6 Å². The fraction of sp³-hybridized carbons (Fsp3) is 0.263. The van der Waals surface area contributed by atoms with Crippen LogP contribution in [0.4, 0.5) is 5.69 Å². The molecule has 0 radical (unpaired) electrons. The molecule has 2 aromatic rings. The average Bonchev–Trinajstić information content (AvgIpc) is 3.07. The Hall–Kier alpha value is -2.55. The molecule has 0 bridgehead atoms. The smallest absolute Gasteiger partial charge is 0.250 e. The maximum absolute atomic E-state index is 13.0. The van der Waals surface area contributed by atoms with E-state index in [0.29, 0.717) is 6.54 Å². The minimum absolute atomic E-state index is 0.152. The van der Waals surface area contributed by atoms with Crippen LogP contribution in [-0.4, -0.2) is 37.7 Å². The molecular formula is C19H19N3O4S. The summed E-state index contributed by atoms with van der Waals surface area (Å²) < 4.78 is 23.2. The van der Waals surface area contributed by atoms with Crippen molar-refractivity contribution in [2.24, 2.45) is 0 Å². The van der Waals surface area contributed by atoms with Crippen LogP contribution in [0.3, 0.4) is 0 Å². The molecule has 7 nitrogen and oxygen atoms in total. The Balaban J connectivity index is 1.54. The highest BCUT2D eigenvalue weighted by Crippen LogP contribution is 2.36. The highest BCUT2D eigenvalue weighted by Gasteiger charge is 2.40. The van der Waals surface area contributed by atoms with Gasteiger partial charge in [0.2, 0.25) is 5.91 Å². The molecule has 8 heteroatoms. The molecule has 140 valence electrons. The molecule has 0 spiro atoms. The first-order chi connectivity index (χ1) is 12.9. The number of ketones is 1. The lowest BCUT2D eigenvalue weighted by molar-refractivity contribution is -0.121. The van der Waals surface area contributed by atoms with Gasteiger partial charge >= 0.3 is 0 Å². The number of sulfone groups is 1. The number of nitrogens with one attached hydrogen (secondary N) is 2. The van der Waals surface area contributed by atoms with Gasteiger partial charge in [-0.3, -0.25) is 9.59 Å². The fourth-order valence-electron chi connectivity index (χ4n) is 3.48. The van der Waals surface area contributed by atoms with Crippen LogP contribution in [-0.2, 0) is 26.0 Å². The number of para-hydroxylation sites is 1. The number of nitrogens with zero attached hydrogens (tertiary/aromatic N) is 1. The number of hydrazine groups is 1. The molecule has 0 aliphatic carbocycles. The molecule has 2 aromatic carbocycles. The molecule has 2 aliphatic heterocycles. The Morgan fingerprint density at radius 1 is 0.963 bits per heavy atom. The number of benzene rings is 2. The van der Waals surface area contributed by atoms with E-state index >= 15 is 0 Å². The zero-order chi connectivity index (χ0) is 19.0. The highest BCUT2D eigenvalue weighted by atomic mass is 32.2. The largest absolute Gasteiger partial charge is 0.306 e. The molecule has 2 N–H and O–H groups in total. The van der Waals surface area contributed by atoms with Crippen LogP contribution in [0.5, 0.6) is 0 Å². The van der Waals surface area contributed by atoms with Crippen molar-refractivity contribution in [1.29, 1.82) is 0 Å². The number of Topliss-reactive ketones (excluding diaryl/α,β-unsaturated/α-hetero) is 1. The highest BCUT2D eigenvalue weighted by molar-refractivity contribution is 7.92. The van der Waals surface area contributed by atoms with E-state index in [9.17, 15) is 18.0 Å². The van der Waals surface area contributed by atoms with Gasteiger partial charge in [0.25, 0.3) is 0 Å². The molecule has 4 rings (SSSR count). The predicted molar refractivity (Wildman–Crippen MR) is 101 cm³/mol. The van der Waals surface area contributed by atoms with E-state index in [1.54, 1.807) is 4.90 Å². The van der Waals surface area contributed by atoms with Gasteiger partial charge in [0.05, 0.1) is 18.3 Å². The van der Waals surface area contributed by atoms with E-state index < -0.39 is 27.7 Å². The van der Waals surface area contributed by atoms with Crippen LogP contribution in [0, 0.1) is 0 Å². The van der Waals surface area contributed by atoms with Crippen LogP contribution in [0.2, 0.25) is 0 Å². The lowest BCUT2D eigenvalue weighted by atomic mass is 10.1. The van der Waals surface area contributed by atoms with E-state index in [-0.39, 0.29) is 17.4 Å². The van der Waals surface area contributed by atoms with E-state index in [1.165, 1.54) is 0 Å². The van der Waals surface area contributed by atoms with Crippen molar-refractivity contribution in [3.05, 3.63) is 65.7 Å². The maximum Gasteiger partial charge on any atom is 0.250 e. The topological polar surface area (TPSA) is 95.6 Å². The summed E-state index contributed by atoms with van der Waals surface area (Å²) in [5.74, 6) is -1.25. The van der Waals surface area contributed by atoms with Gasteiger partial charge < -0.3 is 4.90 Å². The summed E-state index contributed by atoms with van der Waals surface area (Å²) in [6.07, 6.45) is 0. The Bertz CT molecular complexity index is 991. The lowest BCUT2D eigenvalue weighted by Gasteiger charge is -2.19. The normalized spacial score (nSPS) is 23.6. The van der Waals surface area contributed by atoms with Crippen molar-refractivity contribution in [1.82, 2.24) is 10.9 Å². The second kappa shape index (κ2) is 6.88. The maximum atomic E-state index is 13.0. The Morgan fingerprint density at radius 2 is 1.67 bits per heavy atom. The van der Waals surface area contributed by atoms with Gasteiger partial charge in [0.1, 0.15) is 11.8 Å². The molecule has 1 saturated heterocycles. The quantitative estimate of drug-likeness (QED) is 0.737. The van der Waals surface area contributed by atoms with Crippen molar-refractivity contribution in [2.75, 3.05) is 16.4 Å². The zero-order valence-corrected chi connectivity index (χ0v) is 15.3. The third kappa shape index (κ3) is 3.51. The first kappa shape index (κ1) is 17.8. The van der Waals surface area contributed by atoms with E-state index in [0.717, 1.165) is 16.8 Å². The monoisotopic (exact) mass is 385 g/mol. The van der Waals surface area contributed by atoms with E-state index in [1.807, 2.05) is 54.6 Å². The molecule has 2 heterocycles. The van der Waals surface area contributed by atoms with Crippen molar-refractivity contribution in [3.63, 3.8) is 0 Å². The Morgan fingerprint density at radius 3 is 2.37 bits per heavy atom. The van der Waals surface area contributed by atoms with Gasteiger partial charge in [-0.25, -0.2) is 19.3 Å². The summed E-state index contributed by atoms with van der Waals surface area (Å²) >= 11 is 0. The van der Waals surface area contributed by atoms with E-state index in [2.05, 4.69) is 10.9 Å². The molecular weight excluding hydrogens is 366 g/mol. The number of rotatable bonds is 5. The first-order valence-electron chi connectivity index (χ1n) is 8.63. The molecule has 0 aromatic heterocycles. The van der Waals surface area contributed by atoms with Crippen molar-refractivity contribution in [2.45, 2.75) is 18.6 Å². The van der Waals surface area contributed by atoms with Crippen molar-refractivity contribution < 1.29 is 18.0 Å². The number of hydrogen-bond donors (Lipinski definition) is 2. The number of amides is 1. The van der Waals surface area contributed by atoms with Gasteiger partial charge in [-0.15, -0.1) is 0 Å². The Kier molecular flexibility index (Phi) is 4.55. The second-order valence-corrected chi connectivity index (χ2v) is 8.87. The van der Waals surface area contributed by atoms with Crippen LogP contribution < -0.4 is 15.8 Å². The predicted octanol–water partition coefficient (Wildman–Crippen LogP) is 0.735. The molecule has 0 saturated carbocycles. The second-order valence-electron chi connectivity index (χ2n) is 6.76. The van der Waals surface area contributed by atoms with Gasteiger partial charge in [0, 0.05) is 11.3 Å². The molecule has 1 fully saturated rings. The summed E-state index contributed by atoms with van der Waals surface area (Å²) in [5.41, 5.74) is 8.24. The third-order valence-corrected chi connectivity index (χ3v) is 6.37. The molecule has 2 unspecified atom stereocenters. The summed E-state index contributed by atoms with van der Waals surface area (Å²) in [5, 5.41) is 0. The van der Waals surface area contributed by atoms with Gasteiger partial charge in [-0.05, 0) is 11.6 Å². The molecule has 1 amide bonds. The minimum atomic E-state index is -3.36. The van der Waals surface area contributed by atoms with Crippen molar-refractivity contribution in [3.8, 4) is 0 Å². The summed E-state index contributed by atoms with van der Waals surface area (Å²) in [6, 6.07) is 15.6. The SMILES string of the molecule is O=C1CS(=O)(=O)CC1NNC1C(=O)N(Cc2ccccc2)c2ccccc21. The number of anilines is 1. The average molecular weight is 385 g/mol. The zero-order valence-electron chi connectivity index (χ0n) is 14.5. The lowest BCUT2D eigenvalue weighted by Crippen LogP contribution is -2.49. The number of carbonyl (C=O) groups excluding carboxylic acids is 2. The Labute approximate surface area is 157 Å². The molecule has 27 heavy (non-hydrogen) atoms.